The van der Waals surface area contributed by atoms with E-state index in [0.29, 0.717) is 23.7 Å². The van der Waals surface area contributed by atoms with E-state index in [1.165, 1.54) is 17.4 Å². The summed E-state index contributed by atoms with van der Waals surface area (Å²) >= 11 is 0. The van der Waals surface area contributed by atoms with Crippen molar-refractivity contribution >= 4 is 9.84 Å². The van der Waals surface area contributed by atoms with Crippen LogP contribution in [0.3, 0.4) is 0 Å². The average molecular weight is 361 g/mol. The Labute approximate surface area is 148 Å². The molecule has 1 heterocycles. The van der Waals surface area contributed by atoms with Crippen LogP contribution in [0.2, 0.25) is 0 Å². The molecule has 0 N–H and O–H groups in total. The third-order valence-corrected chi connectivity index (χ3v) is 6.17. The third-order valence-electron chi connectivity index (χ3n) is 4.44. The number of pyridine rings is 1. The Morgan fingerprint density at radius 1 is 1.24 bits per heavy atom. The Hall–Kier alpha value is -1.92. The van der Waals surface area contributed by atoms with Crippen molar-refractivity contribution in [1.82, 2.24) is 4.57 Å². The van der Waals surface area contributed by atoms with Gasteiger partial charge in [0, 0.05) is 31.0 Å². The minimum Gasteiger partial charge on any atom is -0.380 e. The second-order valence-electron chi connectivity index (χ2n) is 6.66. The Bertz CT molecular complexity index is 900. The molecule has 1 fully saturated rings. The highest BCUT2D eigenvalue weighted by atomic mass is 32.2. The third kappa shape index (κ3) is 4.19. The fraction of sp³-hybridized carbons (Fsp3) is 0.421. The van der Waals surface area contributed by atoms with Crippen molar-refractivity contribution in [3.05, 3.63) is 52.4 Å². The lowest BCUT2D eigenvalue weighted by molar-refractivity contribution is 0.138. The lowest BCUT2D eigenvalue weighted by atomic mass is 10.1. The summed E-state index contributed by atoms with van der Waals surface area (Å²) in [5.74, 6) is 0.574. The van der Waals surface area contributed by atoms with Gasteiger partial charge in [0.2, 0.25) is 0 Å². The first kappa shape index (κ1) is 17.9. The van der Waals surface area contributed by atoms with E-state index in [2.05, 4.69) is 0 Å². The minimum atomic E-state index is -3.46. The van der Waals surface area contributed by atoms with Gasteiger partial charge in [-0.25, -0.2) is 8.42 Å². The van der Waals surface area contributed by atoms with Crippen LogP contribution < -0.4 is 5.56 Å². The summed E-state index contributed by atoms with van der Waals surface area (Å²) in [6.07, 6.45) is 4.04. The van der Waals surface area contributed by atoms with Crippen molar-refractivity contribution in [1.29, 1.82) is 0 Å². The summed E-state index contributed by atoms with van der Waals surface area (Å²) in [5.41, 5.74) is 1.83. The number of nitrogens with zero attached hydrogens (tertiary/aromatic N) is 1. The smallest absolute Gasteiger partial charge is 0.253 e. The van der Waals surface area contributed by atoms with Crippen LogP contribution in [-0.2, 0) is 21.6 Å². The molecule has 1 aliphatic carbocycles. The highest BCUT2D eigenvalue weighted by Gasteiger charge is 2.23. The first-order chi connectivity index (χ1) is 11.9. The van der Waals surface area contributed by atoms with Crippen molar-refractivity contribution in [3.8, 4) is 11.1 Å². The summed E-state index contributed by atoms with van der Waals surface area (Å²) in [6, 6.07) is 8.65. The Morgan fingerprint density at radius 2 is 1.96 bits per heavy atom. The zero-order valence-corrected chi connectivity index (χ0v) is 15.4. The number of ether oxygens (including phenoxy) is 1. The summed E-state index contributed by atoms with van der Waals surface area (Å²) in [4.78, 5) is 12.2. The maximum atomic E-state index is 12.8. The number of aryl methyl sites for hydroxylation is 2. The summed E-state index contributed by atoms with van der Waals surface area (Å²) in [6.45, 7) is 2.59. The van der Waals surface area contributed by atoms with Gasteiger partial charge in [-0.3, -0.25) is 4.79 Å². The minimum absolute atomic E-state index is 0.0402. The van der Waals surface area contributed by atoms with E-state index in [-0.39, 0.29) is 22.8 Å². The predicted molar refractivity (Wildman–Crippen MR) is 97.5 cm³/mol. The largest absolute Gasteiger partial charge is 0.380 e. The first-order valence-corrected chi connectivity index (χ1v) is 10.1. The van der Waals surface area contributed by atoms with Gasteiger partial charge in [-0.1, -0.05) is 18.2 Å². The van der Waals surface area contributed by atoms with Crippen molar-refractivity contribution in [3.63, 3.8) is 0 Å². The highest BCUT2D eigenvalue weighted by Crippen LogP contribution is 2.29. The van der Waals surface area contributed by atoms with E-state index in [9.17, 15) is 13.2 Å². The van der Waals surface area contributed by atoms with E-state index in [1.807, 2.05) is 0 Å². The number of aromatic nitrogens is 1. The zero-order valence-electron chi connectivity index (χ0n) is 14.6. The van der Waals surface area contributed by atoms with Gasteiger partial charge >= 0.3 is 0 Å². The maximum absolute atomic E-state index is 12.8. The lowest BCUT2D eigenvalue weighted by Crippen LogP contribution is -2.19. The van der Waals surface area contributed by atoms with E-state index in [1.54, 1.807) is 50.5 Å². The van der Waals surface area contributed by atoms with Crippen molar-refractivity contribution in [2.24, 2.45) is 13.0 Å². The molecule has 0 unspecified atom stereocenters. The molecule has 0 amide bonds. The van der Waals surface area contributed by atoms with Crippen LogP contribution in [-0.4, -0.2) is 32.0 Å². The molecule has 134 valence electrons. The normalized spacial score (nSPS) is 14.6. The van der Waals surface area contributed by atoms with Crippen LogP contribution in [0.25, 0.3) is 11.1 Å². The number of benzene rings is 1. The molecule has 3 rings (SSSR count). The molecule has 5 nitrogen and oxygen atoms in total. The Kier molecular flexibility index (Phi) is 5.11. The Morgan fingerprint density at radius 3 is 2.64 bits per heavy atom. The molecular formula is C19H23NO4S. The maximum Gasteiger partial charge on any atom is 0.253 e. The van der Waals surface area contributed by atoms with Crippen LogP contribution in [0.5, 0.6) is 0 Å². The van der Waals surface area contributed by atoms with Gasteiger partial charge in [0.15, 0.2) is 9.84 Å². The van der Waals surface area contributed by atoms with Crippen LogP contribution in [0.15, 0.2) is 46.2 Å². The topological polar surface area (TPSA) is 65.4 Å². The number of sulfone groups is 1. The molecule has 0 saturated heterocycles. The van der Waals surface area contributed by atoms with Gasteiger partial charge in [-0.05, 0) is 43.4 Å². The van der Waals surface area contributed by atoms with Crippen molar-refractivity contribution < 1.29 is 13.2 Å². The number of hydrogen-bond donors (Lipinski definition) is 0. The SMILES string of the molecule is Cc1cc(-c2ccccc2S(=O)(=O)CCOCC2CC2)cn(C)c1=O. The predicted octanol–water partition coefficient (Wildman–Crippen LogP) is 2.56. The second kappa shape index (κ2) is 7.14. The summed E-state index contributed by atoms with van der Waals surface area (Å²) in [5, 5.41) is 0. The van der Waals surface area contributed by atoms with Crippen LogP contribution in [0.1, 0.15) is 18.4 Å². The average Bonchev–Trinajstić information content (AvgIpc) is 3.40. The number of hydrogen-bond acceptors (Lipinski definition) is 4. The van der Waals surface area contributed by atoms with Gasteiger partial charge in [0.05, 0.1) is 17.3 Å². The van der Waals surface area contributed by atoms with Gasteiger partial charge in [-0.15, -0.1) is 0 Å². The molecule has 0 bridgehead atoms. The molecular weight excluding hydrogens is 338 g/mol. The van der Waals surface area contributed by atoms with E-state index < -0.39 is 9.84 Å². The van der Waals surface area contributed by atoms with Crippen LogP contribution in [0, 0.1) is 12.8 Å². The fourth-order valence-corrected chi connectivity index (χ4v) is 4.18. The van der Waals surface area contributed by atoms with E-state index in [0.717, 1.165) is 5.56 Å². The van der Waals surface area contributed by atoms with Crippen LogP contribution >= 0.6 is 0 Å². The van der Waals surface area contributed by atoms with Crippen molar-refractivity contribution in [2.75, 3.05) is 19.0 Å². The molecule has 1 aromatic carbocycles. The van der Waals surface area contributed by atoms with E-state index in [4.69, 9.17) is 4.74 Å². The lowest BCUT2D eigenvalue weighted by Gasteiger charge is -2.12. The summed E-state index contributed by atoms with van der Waals surface area (Å²) in [7, 11) is -1.80. The number of rotatable bonds is 7. The Balaban J connectivity index is 1.88. The quantitative estimate of drug-likeness (QED) is 0.711. The molecule has 0 atom stereocenters. The summed E-state index contributed by atoms with van der Waals surface area (Å²) < 4.78 is 32.5. The molecule has 0 spiro atoms. The second-order valence-corrected chi connectivity index (χ2v) is 8.74. The van der Waals surface area contributed by atoms with Gasteiger partial charge in [0.25, 0.3) is 5.56 Å². The standard InChI is InChI=1S/C19H23NO4S/c1-14-11-16(12-20(2)19(14)21)17-5-3-4-6-18(17)25(22,23)10-9-24-13-15-7-8-15/h3-6,11-12,15H,7-10,13H2,1-2H3. The van der Waals surface area contributed by atoms with Crippen molar-refractivity contribution in [2.45, 2.75) is 24.7 Å². The molecule has 1 aliphatic rings. The molecule has 6 heteroatoms. The monoisotopic (exact) mass is 361 g/mol. The highest BCUT2D eigenvalue weighted by molar-refractivity contribution is 7.91. The molecule has 1 saturated carbocycles. The van der Waals surface area contributed by atoms with Crippen LogP contribution in [0.4, 0.5) is 0 Å². The van der Waals surface area contributed by atoms with E-state index >= 15 is 0 Å². The zero-order chi connectivity index (χ0) is 18.0. The molecule has 0 aliphatic heterocycles. The van der Waals surface area contributed by atoms with Gasteiger partial charge < -0.3 is 9.30 Å². The molecule has 2 aromatic rings. The van der Waals surface area contributed by atoms with Gasteiger partial charge in [0.1, 0.15) is 0 Å². The molecule has 0 radical (unpaired) electrons. The van der Waals surface area contributed by atoms with Gasteiger partial charge in [-0.2, -0.15) is 0 Å². The molecule has 1 aromatic heterocycles. The molecule has 25 heavy (non-hydrogen) atoms. The fourth-order valence-electron chi connectivity index (χ4n) is 2.81. The first-order valence-electron chi connectivity index (χ1n) is 8.45.